The molecule has 0 aliphatic heterocycles. The summed E-state index contributed by atoms with van der Waals surface area (Å²) < 4.78 is 31.8. The third-order valence-electron chi connectivity index (χ3n) is 6.48. The van der Waals surface area contributed by atoms with Crippen LogP contribution in [-0.4, -0.2) is 59.4 Å². The molecule has 1 aliphatic rings. The Morgan fingerprint density at radius 3 is 2.65 bits per heavy atom. The fourth-order valence-corrected chi connectivity index (χ4v) is 5.61. The Bertz CT molecular complexity index is 1480. The number of likely N-dealkylation sites (N-methyl/N-ethyl adjacent to an activating group) is 1. The summed E-state index contributed by atoms with van der Waals surface area (Å²) in [6.07, 6.45) is 8.88. The number of aromatic nitrogens is 3. The molecule has 0 unspecified atom stereocenters. The molecule has 0 atom stereocenters. The minimum absolute atomic E-state index is 0.0600. The van der Waals surface area contributed by atoms with Gasteiger partial charge in [0.05, 0.1) is 23.1 Å². The zero-order chi connectivity index (χ0) is 26.7. The predicted octanol–water partition coefficient (Wildman–Crippen LogP) is 3.12. The Balaban J connectivity index is 1.58. The van der Waals surface area contributed by atoms with Crippen molar-refractivity contribution in [3.8, 4) is 16.9 Å². The van der Waals surface area contributed by atoms with E-state index in [9.17, 15) is 13.2 Å². The van der Waals surface area contributed by atoms with Crippen LogP contribution in [-0.2, 0) is 14.6 Å². The summed E-state index contributed by atoms with van der Waals surface area (Å²) in [5.74, 6) is 1.03. The lowest BCUT2D eigenvalue weighted by Crippen LogP contribution is -2.31. The number of aliphatic imine (C=N–C) groups is 1. The summed E-state index contributed by atoms with van der Waals surface area (Å²) in [5, 5.41) is 6.70. The van der Waals surface area contributed by atoms with Crippen molar-refractivity contribution in [2.24, 2.45) is 10.7 Å². The summed E-state index contributed by atoms with van der Waals surface area (Å²) in [6.45, 7) is 3.58. The number of amidine groups is 1. The van der Waals surface area contributed by atoms with Gasteiger partial charge in [0, 0.05) is 42.4 Å². The van der Waals surface area contributed by atoms with Crippen molar-refractivity contribution in [3.05, 3.63) is 54.0 Å². The van der Waals surface area contributed by atoms with Gasteiger partial charge in [-0.1, -0.05) is 0 Å². The van der Waals surface area contributed by atoms with Crippen LogP contribution in [0.2, 0.25) is 0 Å². The third kappa shape index (κ3) is 6.34. The number of hydrogen-bond acceptors (Lipinski definition) is 7. The van der Waals surface area contributed by atoms with Crippen LogP contribution in [0, 0.1) is 6.92 Å². The molecule has 1 amide bonds. The first-order valence-corrected chi connectivity index (χ1v) is 14.1. The first-order valence-electron chi connectivity index (χ1n) is 12.1. The first kappa shape index (κ1) is 26.3. The standard InChI is InChI=1S/C26H32N6O4S/c1-16(26(33)28-3)11-24(27)30-25-14-19-13-18(9-10-32(19)31-25)22-12-17(2)29-15-23(22)36-20-5-7-21(8-6-20)37(4,34)35/h9-15,20-21H,5-8H2,1-4H3,(H,28,33)(H2,27,30,31)/b16-11-. The number of nitrogens with two attached hydrogens (primary N) is 1. The third-order valence-corrected chi connectivity index (χ3v) is 8.16. The molecule has 0 spiro atoms. The lowest BCUT2D eigenvalue weighted by molar-refractivity contribution is -0.116. The van der Waals surface area contributed by atoms with E-state index in [0.29, 0.717) is 42.8 Å². The molecule has 3 aromatic rings. The fraction of sp³-hybridized carbons (Fsp3) is 0.385. The number of fused-ring (bicyclic) bond motifs is 1. The summed E-state index contributed by atoms with van der Waals surface area (Å²) >= 11 is 0. The van der Waals surface area contributed by atoms with E-state index in [1.165, 1.54) is 12.3 Å². The SMILES string of the molecule is CNC(=O)/C(C)=C\C(N)=Nc1cc2cc(-c3cc(C)ncc3OC3CCC(S(C)(=O)=O)CC3)ccn2n1. The van der Waals surface area contributed by atoms with Crippen molar-refractivity contribution in [1.29, 1.82) is 0 Å². The van der Waals surface area contributed by atoms with Crippen molar-refractivity contribution >= 4 is 32.9 Å². The van der Waals surface area contributed by atoms with Gasteiger partial charge in [-0.05, 0) is 69.4 Å². The van der Waals surface area contributed by atoms with Crippen LogP contribution in [0.25, 0.3) is 16.6 Å². The summed E-state index contributed by atoms with van der Waals surface area (Å²) in [5.41, 5.74) is 9.92. The highest BCUT2D eigenvalue weighted by atomic mass is 32.2. The summed E-state index contributed by atoms with van der Waals surface area (Å²) in [7, 11) is -1.48. The quantitative estimate of drug-likeness (QED) is 0.275. The van der Waals surface area contributed by atoms with Gasteiger partial charge in [0.25, 0.3) is 0 Å². The Kier molecular flexibility index (Phi) is 7.63. The molecular formula is C26H32N6O4S. The second kappa shape index (κ2) is 10.7. The number of amides is 1. The van der Waals surface area contributed by atoms with Crippen LogP contribution >= 0.6 is 0 Å². The Labute approximate surface area is 216 Å². The van der Waals surface area contributed by atoms with E-state index in [0.717, 1.165) is 22.3 Å². The highest BCUT2D eigenvalue weighted by Gasteiger charge is 2.29. The average Bonchev–Trinajstić information content (AvgIpc) is 3.25. The molecule has 196 valence electrons. The van der Waals surface area contributed by atoms with Crippen molar-refractivity contribution in [2.45, 2.75) is 50.9 Å². The number of carbonyl (C=O) groups excluding carboxylic acids is 1. The van der Waals surface area contributed by atoms with Gasteiger partial charge in [-0.25, -0.2) is 17.9 Å². The first-order chi connectivity index (χ1) is 17.5. The molecule has 1 saturated carbocycles. The highest BCUT2D eigenvalue weighted by Crippen LogP contribution is 2.34. The Hall–Kier alpha value is -3.73. The number of hydrogen-bond donors (Lipinski definition) is 2. The molecule has 0 radical (unpaired) electrons. The van der Waals surface area contributed by atoms with E-state index in [4.69, 9.17) is 10.5 Å². The van der Waals surface area contributed by atoms with Gasteiger partial charge in [-0.3, -0.25) is 9.78 Å². The zero-order valence-corrected chi connectivity index (χ0v) is 22.2. The molecule has 37 heavy (non-hydrogen) atoms. The van der Waals surface area contributed by atoms with Gasteiger partial charge in [0.1, 0.15) is 21.4 Å². The van der Waals surface area contributed by atoms with E-state index in [-0.39, 0.29) is 23.1 Å². The number of aryl methyl sites for hydroxylation is 1. The molecule has 0 bridgehead atoms. The largest absolute Gasteiger partial charge is 0.488 e. The second-order valence-electron chi connectivity index (χ2n) is 9.40. The molecule has 4 rings (SSSR count). The molecule has 3 N–H and O–H groups in total. The molecule has 0 aromatic carbocycles. The average molecular weight is 525 g/mol. The van der Waals surface area contributed by atoms with Crippen molar-refractivity contribution in [2.75, 3.05) is 13.3 Å². The van der Waals surface area contributed by atoms with Gasteiger partial charge in [-0.15, -0.1) is 5.10 Å². The van der Waals surface area contributed by atoms with Crippen LogP contribution in [0.1, 0.15) is 38.3 Å². The van der Waals surface area contributed by atoms with E-state index < -0.39 is 9.84 Å². The van der Waals surface area contributed by atoms with Crippen LogP contribution in [0.3, 0.4) is 0 Å². The zero-order valence-electron chi connectivity index (χ0n) is 21.4. The monoisotopic (exact) mass is 524 g/mol. The highest BCUT2D eigenvalue weighted by molar-refractivity contribution is 7.91. The molecule has 0 saturated heterocycles. The molecule has 1 fully saturated rings. The number of sulfone groups is 1. The van der Waals surface area contributed by atoms with Crippen LogP contribution < -0.4 is 15.8 Å². The number of ether oxygens (including phenoxy) is 1. The number of nitrogens with zero attached hydrogens (tertiary/aromatic N) is 4. The Morgan fingerprint density at radius 1 is 1.24 bits per heavy atom. The maximum Gasteiger partial charge on any atom is 0.246 e. The van der Waals surface area contributed by atoms with Crippen LogP contribution in [0.5, 0.6) is 5.75 Å². The van der Waals surface area contributed by atoms with Gasteiger partial charge in [0.2, 0.25) is 5.91 Å². The van der Waals surface area contributed by atoms with Crippen LogP contribution in [0.4, 0.5) is 5.82 Å². The molecule has 10 nitrogen and oxygen atoms in total. The normalized spacial score (nSPS) is 19.1. The minimum Gasteiger partial charge on any atom is -0.488 e. The molecular weight excluding hydrogens is 492 g/mol. The van der Waals surface area contributed by atoms with Crippen molar-refractivity contribution in [3.63, 3.8) is 0 Å². The molecule has 11 heteroatoms. The number of rotatable bonds is 7. The molecule has 1 aliphatic carbocycles. The topological polar surface area (TPSA) is 141 Å². The van der Waals surface area contributed by atoms with Gasteiger partial charge < -0.3 is 15.8 Å². The number of pyridine rings is 2. The molecule has 3 heterocycles. The fourth-order valence-electron chi connectivity index (χ4n) is 4.48. The summed E-state index contributed by atoms with van der Waals surface area (Å²) in [4.78, 5) is 20.4. The van der Waals surface area contributed by atoms with Crippen LogP contribution in [0.15, 0.2) is 53.3 Å². The smallest absolute Gasteiger partial charge is 0.246 e. The Morgan fingerprint density at radius 2 is 1.97 bits per heavy atom. The molecule has 3 aromatic heterocycles. The number of carbonyl (C=O) groups is 1. The maximum absolute atomic E-state index is 11.9. The number of nitrogens with one attached hydrogen (secondary N) is 1. The predicted molar refractivity (Wildman–Crippen MR) is 144 cm³/mol. The van der Waals surface area contributed by atoms with Gasteiger partial charge >= 0.3 is 0 Å². The van der Waals surface area contributed by atoms with Crippen molar-refractivity contribution in [1.82, 2.24) is 19.9 Å². The van der Waals surface area contributed by atoms with Crippen molar-refractivity contribution < 1.29 is 17.9 Å². The van der Waals surface area contributed by atoms with E-state index in [2.05, 4.69) is 20.4 Å². The lowest BCUT2D eigenvalue weighted by atomic mass is 9.97. The minimum atomic E-state index is -3.03. The second-order valence-corrected chi connectivity index (χ2v) is 11.7. The maximum atomic E-state index is 11.9. The summed E-state index contributed by atoms with van der Waals surface area (Å²) in [6, 6.07) is 7.70. The van der Waals surface area contributed by atoms with Gasteiger partial charge in [0.15, 0.2) is 5.82 Å². The van der Waals surface area contributed by atoms with E-state index in [1.54, 1.807) is 30.8 Å². The van der Waals surface area contributed by atoms with Gasteiger partial charge in [-0.2, -0.15) is 0 Å². The van der Waals surface area contributed by atoms with E-state index in [1.807, 2.05) is 31.3 Å². The lowest BCUT2D eigenvalue weighted by Gasteiger charge is -2.28. The van der Waals surface area contributed by atoms with E-state index >= 15 is 0 Å².